The standard InChI is InChI=1S/C17H17NO5/c1-10(19)13-4-6-14(7-5-13)18-16(20)12(3)23-17(21)15-8-9-22-11(15)2/h4-9,12H,1-3H3,(H,18,20)/t12-/m1/s1. The second-order valence-electron chi connectivity index (χ2n) is 5.06. The van der Waals surface area contributed by atoms with Gasteiger partial charge < -0.3 is 14.5 Å². The molecule has 0 aliphatic carbocycles. The van der Waals surface area contributed by atoms with Gasteiger partial charge in [-0.15, -0.1) is 0 Å². The third kappa shape index (κ3) is 4.06. The molecule has 120 valence electrons. The van der Waals surface area contributed by atoms with Crippen LogP contribution in [0.3, 0.4) is 0 Å². The highest BCUT2D eigenvalue weighted by atomic mass is 16.5. The van der Waals surface area contributed by atoms with Crippen molar-refractivity contribution in [2.75, 3.05) is 5.32 Å². The van der Waals surface area contributed by atoms with Gasteiger partial charge in [0.25, 0.3) is 5.91 Å². The van der Waals surface area contributed by atoms with Crippen molar-refractivity contribution < 1.29 is 23.5 Å². The molecule has 0 bridgehead atoms. The van der Waals surface area contributed by atoms with Crippen LogP contribution in [0.25, 0.3) is 0 Å². The highest BCUT2D eigenvalue weighted by Gasteiger charge is 2.21. The number of ketones is 1. The van der Waals surface area contributed by atoms with Gasteiger partial charge in [0.05, 0.1) is 6.26 Å². The molecule has 0 spiro atoms. The number of ether oxygens (including phenoxy) is 1. The molecule has 1 aromatic carbocycles. The Balaban J connectivity index is 1.96. The lowest BCUT2D eigenvalue weighted by molar-refractivity contribution is -0.123. The Kier molecular flexibility index (Phi) is 4.95. The normalized spacial score (nSPS) is 11.6. The molecular weight excluding hydrogens is 298 g/mol. The summed E-state index contributed by atoms with van der Waals surface area (Å²) in [5.74, 6) is -0.705. The summed E-state index contributed by atoms with van der Waals surface area (Å²) in [6, 6.07) is 7.95. The number of hydrogen-bond donors (Lipinski definition) is 1. The second-order valence-corrected chi connectivity index (χ2v) is 5.06. The molecule has 0 fully saturated rings. The lowest BCUT2D eigenvalue weighted by Crippen LogP contribution is -2.30. The van der Waals surface area contributed by atoms with Crippen LogP contribution in [-0.2, 0) is 9.53 Å². The first-order chi connectivity index (χ1) is 10.9. The quantitative estimate of drug-likeness (QED) is 0.677. The first-order valence-electron chi connectivity index (χ1n) is 7.05. The zero-order valence-corrected chi connectivity index (χ0v) is 13.1. The predicted molar refractivity (Wildman–Crippen MR) is 83.4 cm³/mol. The smallest absolute Gasteiger partial charge is 0.342 e. The fourth-order valence-corrected chi connectivity index (χ4v) is 1.91. The van der Waals surface area contributed by atoms with Gasteiger partial charge in [-0.05, 0) is 51.1 Å². The number of esters is 1. The van der Waals surface area contributed by atoms with E-state index in [2.05, 4.69) is 5.32 Å². The van der Waals surface area contributed by atoms with Gasteiger partial charge in [-0.1, -0.05) is 0 Å². The topological polar surface area (TPSA) is 85.6 Å². The Morgan fingerprint density at radius 2 is 1.78 bits per heavy atom. The number of carbonyl (C=O) groups excluding carboxylic acids is 3. The second kappa shape index (κ2) is 6.91. The van der Waals surface area contributed by atoms with E-state index in [9.17, 15) is 14.4 Å². The monoisotopic (exact) mass is 315 g/mol. The zero-order valence-electron chi connectivity index (χ0n) is 13.1. The maximum atomic E-state index is 12.0. The van der Waals surface area contributed by atoms with Gasteiger partial charge in [-0.25, -0.2) is 4.79 Å². The van der Waals surface area contributed by atoms with Gasteiger partial charge in [0.15, 0.2) is 11.9 Å². The number of Topliss-reactive ketones (excluding diaryl/α,β-unsaturated/α-hetero) is 1. The molecule has 0 aliphatic heterocycles. The van der Waals surface area contributed by atoms with Crippen LogP contribution in [0.15, 0.2) is 41.0 Å². The summed E-state index contributed by atoms with van der Waals surface area (Å²) in [6.45, 7) is 4.58. The van der Waals surface area contributed by atoms with E-state index < -0.39 is 18.0 Å². The minimum absolute atomic E-state index is 0.0549. The Hall–Kier alpha value is -2.89. The SMILES string of the molecule is CC(=O)c1ccc(NC(=O)[C@@H](C)OC(=O)c2ccoc2C)cc1. The van der Waals surface area contributed by atoms with Gasteiger partial charge in [0.2, 0.25) is 0 Å². The Bertz CT molecular complexity index is 730. The number of amides is 1. The zero-order chi connectivity index (χ0) is 17.0. The molecule has 1 atom stereocenters. The van der Waals surface area contributed by atoms with E-state index in [4.69, 9.17) is 9.15 Å². The molecule has 0 saturated heterocycles. The number of aryl methyl sites for hydroxylation is 1. The Morgan fingerprint density at radius 1 is 1.13 bits per heavy atom. The summed E-state index contributed by atoms with van der Waals surface area (Å²) in [5, 5.41) is 2.62. The highest BCUT2D eigenvalue weighted by molar-refractivity contribution is 5.98. The van der Waals surface area contributed by atoms with Crippen LogP contribution < -0.4 is 5.32 Å². The minimum Gasteiger partial charge on any atom is -0.469 e. The molecule has 2 aromatic rings. The Morgan fingerprint density at radius 3 is 2.30 bits per heavy atom. The van der Waals surface area contributed by atoms with Crippen LogP contribution in [-0.4, -0.2) is 23.8 Å². The maximum Gasteiger partial charge on any atom is 0.342 e. The summed E-state index contributed by atoms with van der Waals surface area (Å²) in [6.07, 6.45) is 0.414. The van der Waals surface area contributed by atoms with Crippen LogP contribution in [0.5, 0.6) is 0 Å². The summed E-state index contributed by atoms with van der Waals surface area (Å²) in [4.78, 5) is 35.2. The third-order valence-corrected chi connectivity index (χ3v) is 3.29. The molecular formula is C17H17NO5. The van der Waals surface area contributed by atoms with Crippen molar-refractivity contribution in [2.45, 2.75) is 26.9 Å². The molecule has 0 radical (unpaired) electrons. The van der Waals surface area contributed by atoms with E-state index in [1.807, 2.05) is 0 Å². The number of hydrogen-bond acceptors (Lipinski definition) is 5. The molecule has 1 amide bonds. The fourth-order valence-electron chi connectivity index (χ4n) is 1.91. The molecule has 1 aromatic heterocycles. The molecule has 0 saturated carbocycles. The van der Waals surface area contributed by atoms with Crippen LogP contribution in [0.4, 0.5) is 5.69 Å². The van der Waals surface area contributed by atoms with Gasteiger partial charge in [-0.2, -0.15) is 0 Å². The molecule has 23 heavy (non-hydrogen) atoms. The molecule has 2 rings (SSSR count). The van der Waals surface area contributed by atoms with Crippen molar-refractivity contribution in [1.29, 1.82) is 0 Å². The van der Waals surface area contributed by atoms with E-state index in [-0.39, 0.29) is 11.3 Å². The number of furan rings is 1. The maximum absolute atomic E-state index is 12.0. The van der Waals surface area contributed by atoms with Crippen LogP contribution >= 0.6 is 0 Å². The number of benzene rings is 1. The molecule has 1 N–H and O–H groups in total. The summed E-state index contributed by atoms with van der Waals surface area (Å²) in [5.41, 5.74) is 1.36. The van der Waals surface area contributed by atoms with E-state index >= 15 is 0 Å². The summed E-state index contributed by atoms with van der Waals surface area (Å²) >= 11 is 0. The highest BCUT2D eigenvalue weighted by Crippen LogP contribution is 2.13. The van der Waals surface area contributed by atoms with Crippen LogP contribution in [0.1, 0.15) is 40.3 Å². The van der Waals surface area contributed by atoms with Crippen molar-refractivity contribution in [3.8, 4) is 0 Å². The van der Waals surface area contributed by atoms with Crippen molar-refractivity contribution in [3.63, 3.8) is 0 Å². The average Bonchev–Trinajstić information content (AvgIpc) is 2.93. The molecule has 1 heterocycles. The number of anilines is 1. The Labute approximate surface area is 133 Å². The van der Waals surface area contributed by atoms with Crippen LogP contribution in [0, 0.1) is 6.92 Å². The van der Waals surface area contributed by atoms with Crippen molar-refractivity contribution in [1.82, 2.24) is 0 Å². The first kappa shape index (κ1) is 16.5. The van der Waals surface area contributed by atoms with Gasteiger partial charge in [0.1, 0.15) is 11.3 Å². The van der Waals surface area contributed by atoms with E-state index in [1.165, 1.54) is 26.2 Å². The molecule has 0 unspecified atom stereocenters. The van der Waals surface area contributed by atoms with Crippen molar-refractivity contribution in [2.24, 2.45) is 0 Å². The molecule has 0 aliphatic rings. The van der Waals surface area contributed by atoms with Crippen molar-refractivity contribution in [3.05, 3.63) is 53.5 Å². The predicted octanol–water partition coefficient (Wildman–Crippen LogP) is 2.97. The summed E-state index contributed by atoms with van der Waals surface area (Å²) in [7, 11) is 0. The number of rotatable bonds is 5. The first-order valence-corrected chi connectivity index (χ1v) is 7.05. The summed E-state index contributed by atoms with van der Waals surface area (Å²) < 4.78 is 10.1. The van der Waals surface area contributed by atoms with Gasteiger partial charge in [-0.3, -0.25) is 9.59 Å². The van der Waals surface area contributed by atoms with Crippen LogP contribution in [0.2, 0.25) is 0 Å². The molecule has 6 heteroatoms. The number of nitrogens with one attached hydrogen (secondary N) is 1. The molecule has 6 nitrogen and oxygen atoms in total. The third-order valence-electron chi connectivity index (χ3n) is 3.29. The van der Waals surface area contributed by atoms with E-state index in [1.54, 1.807) is 31.2 Å². The minimum atomic E-state index is -0.968. The number of carbonyl (C=O) groups is 3. The lowest BCUT2D eigenvalue weighted by atomic mass is 10.1. The largest absolute Gasteiger partial charge is 0.469 e. The average molecular weight is 315 g/mol. The van der Waals surface area contributed by atoms with Crippen molar-refractivity contribution >= 4 is 23.3 Å². The lowest BCUT2D eigenvalue weighted by Gasteiger charge is -2.13. The van der Waals surface area contributed by atoms with E-state index in [0.717, 1.165) is 0 Å². The van der Waals surface area contributed by atoms with Gasteiger partial charge >= 0.3 is 5.97 Å². The fraction of sp³-hybridized carbons (Fsp3) is 0.235. The van der Waals surface area contributed by atoms with E-state index in [0.29, 0.717) is 17.0 Å². The van der Waals surface area contributed by atoms with Gasteiger partial charge in [0, 0.05) is 11.3 Å².